The molecule has 2 aliphatic rings. The molecule has 8 heteroatoms. The minimum absolute atomic E-state index is 0.0503. The molecule has 4 rings (SSSR count). The normalized spacial score (nSPS) is 19.0. The smallest absolute Gasteiger partial charge is 0.268 e. The lowest BCUT2D eigenvalue weighted by molar-refractivity contribution is -0.122. The predicted octanol–water partition coefficient (Wildman–Crippen LogP) is 3.41. The molecule has 0 unspecified atom stereocenters. The monoisotopic (exact) mass is 445 g/mol. The second-order valence-corrected chi connectivity index (χ2v) is 9.70. The van der Waals surface area contributed by atoms with E-state index in [9.17, 15) is 13.2 Å². The summed E-state index contributed by atoms with van der Waals surface area (Å²) in [5, 5.41) is 0. The standard InChI is InChI=1S/C23H27NO6S/c1-16-15-19(7-10-21(16)28-13-14-29-31(2,26)27)24-12-11-22(23(24)25)30-20-8-5-18(6-9-20)17-3-4-17/h5-10,15,17,22H,3-4,11-14H2,1-2H3/t22-/m0/s1. The van der Waals surface area contributed by atoms with Crippen LogP contribution in [0.2, 0.25) is 0 Å². The number of carbonyl (C=O) groups excluding carboxylic acids is 1. The highest BCUT2D eigenvalue weighted by atomic mass is 32.2. The first-order chi connectivity index (χ1) is 14.8. The van der Waals surface area contributed by atoms with Crippen LogP contribution in [0.1, 0.15) is 36.3 Å². The highest BCUT2D eigenvalue weighted by Gasteiger charge is 2.34. The van der Waals surface area contributed by atoms with Crippen molar-refractivity contribution in [1.29, 1.82) is 0 Å². The van der Waals surface area contributed by atoms with Crippen molar-refractivity contribution < 1.29 is 26.9 Å². The van der Waals surface area contributed by atoms with Gasteiger partial charge in [-0.15, -0.1) is 0 Å². The first-order valence-corrected chi connectivity index (χ1v) is 12.3. The van der Waals surface area contributed by atoms with Gasteiger partial charge in [0.25, 0.3) is 16.0 Å². The average molecular weight is 446 g/mol. The van der Waals surface area contributed by atoms with Gasteiger partial charge in [0.1, 0.15) is 24.7 Å². The topological polar surface area (TPSA) is 82.1 Å². The minimum Gasteiger partial charge on any atom is -0.491 e. The highest BCUT2D eigenvalue weighted by molar-refractivity contribution is 7.85. The molecule has 1 aliphatic carbocycles. The van der Waals surface area contributed by atoms with Crippen molar-refractivity contribution in [3.8, 4) is 11.5 Å². The number of rotatable bonds is 9. The number of amides is 1. The summed E-state index contributed by atoms with van der Waals surface area (Å²) in [6, 6.07) is 13.6. The van der Waals surface area contributed by atoms with E-state index < -0.39 is 16.2 Å². The Labute approximate surface area is 183 Å². The number of nitrogens with zero attached hydrogens (tertiary/aromatic N) is 1. The Bertz CT molecular complexity index is 1050. The molecular formula is C23H27NO6S. The Morgan fingerprint density at radius 2 is 1.77 bits per heavy atom. The van der Waals surface area contributed by atoms with Gasteiger partial charge in [-0.25, -0.2) is 0 Å². The molecule has 31 heavy (non-hydrogen) atoms. The Balaban J connectivity index is 1.34. The summed E-state index contributed by atoms with van der Waals surface area (Å²) in [7, 11) is -3.48. The molecule has 0 aromatic heterocycles. The van der Waals surface area contributed by atoms with Gasteiger partial charge in [-0.2, -0.15) is 8.42 Å². The molecule has 1 saturated heterocycles. The third-order valence-corrected chi connectivity index (χ3v) is 6.07. The quantitative estimate of drug-likeness (QED) is 0.435. The van der Waals surface area contributed by atoms with E-state index in [1.54, 1.807) is 11.0 Å². The fourth-order valence-corrected chi connectivity index (χ4v) is 4.09. The van der Waals surface area contributed by atoms with E-state index in [0.717, 1.165) is 23.3 Å². The number of anilines is 1. The minimum atomic E-state index is -3.48. The Morgan fingerprint density at radius 1 is 1.03 bits per heavy atom. The van der Waals surface area contributed by atoms with Gasteiger partial charge < -0.3 is 14.4 Å². The van der Waals surface area contributed by atoms with E-state index in [2.05, 4.69) is 16.3 Å². The van der Waals surface area contributed by atoms with Crippen LogP contribution in [0, 0.1) is 6.92 Å². The summed E-state index contributed by atoms with van der Waals surface area (Å²) in [6.07, 6.45) is 3.65. The highest BCUT2D eigenvalue weighted by Crippen LogP contribution is 2.40. The van der Waals surface area contributed by atoms with Crippen LogP contribution in [-0.4, -0.2) is 46.4 Å². The van der Waals surface area contributed by atoms with Crippen LogP contribution >= 0.6 is 0 Å². The van der Waals surface area contributed by atoms with Crippen molar-refractivity contribution in [2.45, 2.75) is 38.2 Å². The Kier molecular flexibility index (Phi) is 6.20. The van der Waals surface area contributed by atoms with Gasteiger partial charge in [0.15, 0.2) is 6.10 Å². The Morgan fingerprint density at radius 3 is 2.42 bits per heavy atom. The molecule has 2 aromatic carbocycles. The van der Waals surface area contributed by atoms with Gasteiger partial charge in [-0.3, -0.25) is 8.98 Å². The number of hydrogen-bond acceptors (Lipinski definition) is 6. The van der Waals surface area contributed by atoms with Crippen LogP contribution in [0.3, 0.4) is 0 Å². The number of carbonyl (C=O) groups is 1. The van der Waals surface area contributed by atoms with Crippen LogP contribution in [0.15, 0.2) is 42.5 Å². The van der Waals surface area contributed by atoms with E-state index >= 15 is 0 Å². The predicted molar refractivity (Wildman–Crippen MR) is 117 cm³/mol. The summed E-state index contributed by atoms with van der Waals surface area (Å²) in [5.74, 6) is 1.98. The van der Waals surface area contributed by atoms with Gasteiger partial charge in [0.05, 0.1) is 6.26 Å². The maximum atomic E-state index is 12.9. The zero-order valence-corrected chi connectivity index (χ0v) is 18.6. The third kappa shape index (κ3) is 5.57. The molecule has 166 valence electrons. The molecule has 0 N–H and O–H groups in total. The van der Waals surface area contributed by atoms with E-state index in [1.165, 1.54) is 18.4 Å². The number of hydrogen-bond donors (Lipinski definition) is 0. The van der Waals surface area contributed by atoms with Crippen molar-refractivity contribution >= 4 is 21.7 Å². The molecule has 1 heterocycles. The number of benzene rings is 2. The van der Waals surface area contributed by atoms with Crippen LogP contribution in [0.25, 0.3) is 0 Å². The zero-order valence-electron chi connectivity index (χ0n) is 17.7. The van der Waals surface area contributed by atoms with Crippen LogP contribution in [-0.2, 0) is 19.1 Å². The molecule has 0 radical (unpaired) electrons. The van der Waals surface area contributed by atoms with E-state index in [0.29, 0.717) is 24.6 Å². The summed E-state index contributed by atoms with van der Waals surface area (Å²) >= 11 is 0. The van der Waals surface area contributed by atoms with Crippen LogP contribution in [0.4, 0.5) is 5.69 Å². The van der Waals surface area contributed by atoms with Gasteiger partial charge >= 0.3 is 0 Å². The van der Waals surface area contributed by atoms with Crippen LogP contribution in [0.5, 0.6) is 11.5 Å². The fourth-order valence-electron chi connectivity index (χ4n) is 3.72. The average Bonchev–Trinajstić information content (AvgIpc) is 3.51. The molecule has 1 amide bonds. The van der Waals surface area contributed by atoms with E-state index in [-0.39, 0.29) is 19.1 Å². The molecule has 1 atom stereocenters. The zero-order chi connectivity index (χ0) is 22.0. The lowest BCUT2D eigenvalue weighted by Gasteiger charge is -2.19. The molecule has 0 bridgehead atoms. The van der Waals surface area contributed by atoms with Gasteiger partial charge in [-0.05, 0) is 67.1 Å². The second-order valence-electron chi connectivity index (χ2n) is 8.05. The maximum absolute atomic E-state index is 12.9. The summed E-state index contributed by atoms with van der Waals surface area (Å²) in [6.45, 7) is 2.54. The first kappa shape index (κ1) is 21.6. The molecule has 0 spiro atoms. The molecule has 2 fully saturated rings. The largest absolute Gasteiger partial charge is 0.491 e. The summed E-state index contributed by atoms with van der Waals surface area (Å²) in [4.78, 5) is 14.6. The van der Waals surface area contributed by atoms with Crippen molar-refractivity contribution in [2.75, 3.05) is 30.9 Å². The summed E-state index contributed by atoms with van der Waals surface area (Å²) in [5.41, 5.74) is 2.98. The van der Waals surface area contributed by atoms with Gasteiger partial charge in [-0.1, -0.05) is 12.1 Å². The lowest BCUT2D eigenvalue weighted by Crippen LogP contribution is -2.32. The van der Waals surface area contributed by atoms with Crippen molar-refractivity contribution in [3.63, 3.8) is 0 Å². The van der Waals surface area contributed by atoms with Crippen molar-refractivity contribution in [3.05, 3.63) is 53.6 Å². The molecular weight excluding hydrogens is 418 g/mol. The van der Waals surface area contributed by atoms with Gasteiger partial charge in [0.2, 0.25) is 0 Å². The number of ether oxygens (including phenoxy) is 2. The summed E-state index contributed by atoms with van der Waals surface area (Å²) < 4.78 is 38.2. The fraction of sp³-hybridized carbons (Fsp3) is 0.435. The SMILES string of the molecule is Cc1cc(N2CC[C@H](Oc3ccc(C4CC4)cc3)C2=O)ccc1OCCOS(C)(=O)=O. The van der Waals surface area contributed by atoms with Crippen molar-refractivity contribution in [2.24, 2.45) is 0 Å². The van der Waals surface area contributed by atoms with Crippen molar-refractivity contribution in [1.82, 2.24) is 0 Å². The molecule has 7 nitrogen and oxygen atoms in total. The second kappa shape index (κ2) is 8.88. The molecule has 2 aromatic rings. The van der Waals surface area contributed by atoms with Gasteiger partial charge in [0, 0.05) is 18.7 Å². The molecule has 1 aliphatic heterocycles. The third-order valence-electron chi connectivity index (χ3n) is 5.47. The lowest BCUT2D eigenvalue weighted by atomic mass is 10.1. The maximum Gasteiger partial charge on any atom is 0.268 e. The molecule has 1 saturated carbocycles. The van der Waals surface area contributed by atoms with Crippen LogP contribution < -0.4 is 14.4 Å². The Hall–Kier alpha value is -2.58. The first-order valence-electron chi connectivity index (χ1n) is 10.5. The van der Waals surface area contributed by atoms with E-state index in [1.807, 2.05) is 31.2 Å². The van der Waals surface area contributed by atoms with E-state index in [4.69, 9.17) is 9.47 Å². The number of aryl methyl sites for hydroxylation is 1.